The number of carbonyl (C=O) groups is 1. The lowest BCUT2D eigenvalue weighted by atomic mass is 9.92. The van der Waals surface area contributed by atoms with Gasteiger partial charge in [-0.15, -0.1) is 0 Å². The molecular formula is C19H19FN4O. The number of hydrogen-bond donors (Lipinski definition) is 2. The van der Waals surface area contributed by atoms with Crippen LogP contribution in [0.2, 0.25) is 0 Å². The fraction of sp³-hybridized carbons (Fsp3) is 0.263. The number of primary amides is 1. The van der Waals surface area contributed by atoms with Crippen LogP contribution in [0.5, 0.6) is 0 Å². The minimum Gasteiger partial charge on any atom is -0.365 e. The van der Waals surface area contributed by atoms with Gasteiger partial charge in [-0.25, -0.2) is 9.07 Å². The Bertz CT molecular complexity index is 977. The predicted molar refractivity (Wildman–Crippen MR) is 94.4 cm³/mol. The molecule has 0 radical (unpaired) electrons. The van der Waals surface area contributed by atoms with E-state index in [4.69, 9.17) is 7.10 Å². The van der Waals surface area contributed by atoms with Crippen LogP contribution in [0, 0.1) is 5.82 Å². The van der Waals surface area contributed by atoms with Gasteiger partial charge in [-0.3, -0.25) is 4.79 Å². The van der Waals surface area contributed by atoms with Crippen molar-refractivity contribution in [2.45, 2.75) is 18.7 Å². The minimum atomic E-state index is -0.838. The molecule has 2 aromatic carbocycles. The number of nitrogens with one attached hydrogen (secondary N) is 1. The van der Waals surface area contributed by atoms with Crippen molar-refractivity contribution in [2.24, 2.45) is 5.73 Å². The molecule has 1 atom stereocenters. The van der Waals surface area contributed by atoms with E-state index in [0.29, 0.717) is 11.9 Å². The molecule has 0 bridgehead atoms. The summed E-state index contributed by atoms with van der Waals surface area (Å²) in [4.78, 5) is 11.5. The molecule has 5 nitrogen and oxygen atoms in total. The van der Waals surface area contributed by atoms with Gasteiger partial charge in [0.15, 0.2) is 0 Å². The van der Waals surface area contributed by atoms with Gasteiger partial charge in [0.2, 0.25) is 0 Å². The first-order chi connectivity index (χ1) is 12.5. The van der Waals surface area contributed by atoms with Gasteiger partial charge in [0.1, 0.15) is 16.9 Å². The average Bonchev–Trinajstić information content (AvgIpc) is 3.06. The molecule has 3 aromatic rings. The minimum absolute atomic E-state index is 0.198. The molecule has 1 aliphatic heterocycles. The molecule has 128 valence electrons. The Morgan fingerprint density at radius 3 is 2.80 bits per heavy atom. The molecule has 1 amide bonds. The van der Waals surface area contributed by atoms with E-state index >= 15 is 0 Å². The Labute approximate surface area is 146 Å². The number of aromatic nitrogens is 2. The van der Waals surface area contributed by atoms with Gasteiger partial charge < -0.3 is 11.1 Å². The Kier molecular flexibility index (Phi) is 3.67. The molecule has 6 heteroatoms. The van der Waals surface area contributed by atoms with Crippen molar-refractivity contribution in [1.82, 2.24) is 15.1 Å². The van der Waals surface area contributed by atoms with Crippen LogP contribution in [-0.4, -0.2) is 28.8 Å². The van der Waals surface area contributed by atoms with Gasteiger partial charge in [-0.05, 0) is 55.1 Å². The summed E-state index contributed by atoms with van der Waals surface area (Å²) in [5, 5.41) is 8.25. The van der Waals surface area contributed by atoms with Crippen molar-refractivity contribution in [3.63, 3.8) is 0 Å². The van der Waals surface area contributed by atoms with E-state index in [9.17, 15) is 9.18 Å². The number of hydrogen-bond acceptors (Lipinski definition) is 3. The summed E-state index contributed by atoms with van der Waals surface area (Å²) in [7, 11) is 0. The van der Waals surface area contributed by atoms with Crippen molar-refractivity contribution in [3.8, 4) is 5.69 Å². The van der Waals surface area contributed by atoms with Crippen LogP contribution in [0.15, 0.2) is 42.6 Å². The molecule has 2 heterocycles. The first-order valence-electron chi connectivity index (χ1n) is 8.77. The number of benzene rings is 2. The van der Waals surface area contributed by atoms with E-state index in [1.165, 1.54) is 6.07 Å². The second kappa shape index (κ2) is 6.29. The molecule has 3 N–H and O–H groups in total. The first kappa shape index (κ1) is 14.6. The number of fused-ring (bicyclic) bond motifs is 1. The number of nitrogens with two attached hydrogens (primary N) is 1. The summed E-state index contributed by atoms with van der Waals surface area (Å²) in [6.45, 7) is 1.59. The number of piperidine rings is 1. The molecule has 0 unspecified atom stereocenters. The van der Waals surface area contributed by atoms with Crippen LogP contribution < -0.4 is 11.1 Å². The lowest BCUT2D eigenvalue weighted by molar-refractivity contribution is 0.0998. The fourth-order valence-electron chi connectivity index (χ4n) is 3.28. The molecule has 1 aliphatic rings. The van der Waals surface area contributed by atoms with Crippen LogP contribution in [0.3, 0.4) is 0 Å². The topological polar surface area (TPSA) is 72.9 Å². The predicted octanol–water partition coefficient (Wildman–Crippen LogP) is 2.73. The van der Waals surface area contributed by atoms with E-state index in [0.717, 1.165) is 30.6 Å². The van der Waals surface area contributed by atoms with Crippen molar-refractivity contribution in [1.29, 1.82) is 0 Å². The third-order valence-electron chi connectivity index (χ3n) is 4.58. The molecule has 0 spiro atoms. The summed E-state index contributed by atoms with van der Waals surface area (Å²) in [5.41, 5.74) is 7.06. The van der Waals surface area contributed by atoms with Gasteiger partial charge in [0.25, 0.3) is 5.91 Å². The SMILES string of the molecule is [2H][C@]1(c2ccc(-n3cc4ccc(F)c(C(N)=O)c4n3)cc2)CCCNC1. The molecule has 25 heavy (non-hydrogen) atoms. The third-order valence-corrected chi connectivity index (χ3v) is 4.58. The first-order valence-corrected chi connectivity index (χ1v) is 8.27. The van der Waals surface area contributed by atoms with Crippen LogP contribution in [0.25, 0.3) is 16.6 Å². The Morgan fingerprint density at radius 1 is 1.32 bits per heavy atom. The van der Waals surface area contributed by atoms with E-state index in [1.54, 1.807) is 16.9 Å². The van der Waals surface area contributed by atoms with Crippen LogP contribution in [0.1, 0.15) is 36.0 Å². The largest absolute Gasteiger partial charge is 0.365 e. The van der Waals surface area contributed by atoms with Gasteiger partial charge in [-0.1, -0.05) is 12.1 Å². The Hall–Kier alpha value is -2.73. The fourth-order valence-corrected chi connectivity index (χ4v) is 3.28. The van der Waals surface area contributed by atoms with Crippen LogP contribution in [-0.2, 0) is 0 Å². The highest BCUT2D eigenvalue weighted by Crippen LogP contribution is 2.25. The second-order valence-electron chi connectivity index (χ2n) is 6.23. The summed E-state index contributed by atoms with van der Waals surface area (Å²) in [6.07, 6.45) is 3.54. The molecular weight excluding hydrogens is 319 g/mol. The zero-order valence-electron chi connectivity index (χ0n) is 14.6. The molecule has 1 fully saturated rings. The quantitative estimate of drug-likeness (QED) is 0.771. The highest BCUT2D eigenvalue weighted by molar-refractivity contribution is 6.04. The number of rotatable bonds is 3. The normalized spacial score (nSPS) is 21.2. The number of carbonyl (C=O) groups excluding carboxylic acids is 1. The highest BCUT2D eigenvalue weighted by atomic mass is 19.1. The van der Waals surface area contributed by atoms with E-state index in [1.807, 2.05) is 24.3 Å². The third kappa shape index (κ3) is 2.89. The summed E-state index contributed by atoms with van der Waals surface area (Å²) in [6, 6.07) is 10.4. The van der Waals surface area contributed by atoms with E-state index in [-0.39, 0.29) is 11.1 Å². The van der Waals surface area contributed by atoms with Gasteiger partial charge in [-0.2, -0.15) is 5.10 Å². The van der Waals surface area contributed by atoms with Gasteiger partial charge >= 0.3 is 0 Å². The van der Waals surface area contributed by atoms with Crippen molar-refractivity contribution < 1.29 is 10.6 Å². The second-order valence-corrected chi connectivity index (χ2v) is 6.23. The molecule has 0 aliphatic carbocycles. The van der Waals surface area contributed by atoms with Crippen molar-refractivity contribution >= 4 is 16.8 Å². The zero-order chi connectivity index (χ0) is 18.3. The Morgan fingerprint density at radius 2 is 2.12 bits per heavy atom. The summed E-state index contributed by atoms with van der Waals surface area (Å²) >= 11 is 0. The van der Waals surface area contributed by atoms with Crippen molar-refractivity contribution in [2.75, 3.05) is 13.1 Å². The van der Waals surface area contributed by atoms with Crippen molar-refractivity contribution in [3.05, 3.63) is 59.5 Å². The maximum Gasteiger partial charge on any atom is 0.253 e. The maximum absolute atomic E-state index is 13.9. The smallest absolute Gasteiger partial charge is 0.253 e. The lowest BCUT2D eigenvalue weighted by Gasteiger charge is -2.23. The molecule has 4 rings (SSSR count). The van der Waals surface area contributed by atoms with Gasteiger partial charge in [0, 0.05) is 19.5 Å². The molecule has 0 saturated carbocycles. The van der Waals surface area contributed by atoms with E-state index in [2.05, 4.69) is 10.4 Å². The van der Waals surface area contributed by atoms with Crippen LogP contribution >= 0.6 is 0 Å². The maximum atomic E-state index is 13.9. The van der Waals surface area contributed by atoms with Crippen LogP contribution in [0.4, 0.5) is 4.39 Å². The Balaban J connectivity index is 1.72. The zero-order valence-corrected chi connectivity index (χ0v) is 13.6. The number of halogens is 1. The summed E-state index contributed by atoms with van der Waals surface area (Å²) < 4.78 is 24.1. The average molecular weight is 339 g/mol. The molecule has 1 aromatic heterocycles. The standard InChI is InChI=1S/C19H19FN4O/c20-16-8-5-14-11-24(23-18(14)17(16)19(21)25)15-6-3-12(4-7-15)13-2-1-9-22-10-13/h3-8,11,13,22H,1-2,9-10H2,(H2,21,25)/t13-/m0/s1/i13D. The van der Waals surface area contributed by atoms with Gasteiger partial charge in [0.05, 0.1) is 5.69 Å². The number of nitrogens with zero attached hydrogens (tertiary/aromatic N) is 2. The lowest BCUT2D eigenvalue weighted by Crippen LogP contribution is -2.28. The molecule has 1 saturated heterocycles. The van der Waals surface area contributed by atoms with E-state index < -0.39 is 17.6 Å². The monoisotopic (exact) mass is 339 g/mol. The number of amides is 1. The highest BCUT2D eigenvalue weighted by Gasteiger charge is 2.17. The summed E-state index contributed by atoms with van der Waals surface area (Å²) in [5.74, 6) is -2.13.